The highest BCUT2D eigenvalue weighted by molar-refractivity contribution is 7.90. The van der Waals surface area contributed by atoms with E-state index < -0.39 is 21.2 Å². The second-order valence-corrected chi connectivity index (χ2v) is 13.3. The van der Waals surface area contributed by atoms with Crippen LogP contribution in [0.1, 0.15) is 51.9 Å². The Bertz CT molecular complexity index is 985. The van der Waals surface area contributed by atoms with Crippen molar-refractivity contribution in [2.45, 2.75) is 68.7 Å². The Morgan fingerprint density at radius 3 is 2.54 bits per heavy atom. The Morgan fingerprint density at radius 2 is 1.91 bits per heavy atom. The topological polar surface area (TPSA) is 122 Å². The van der Waals surface area contributed by atoms with E-state index in [-0.39, 0.29) is 41.8 Å². The van der Waals surface area contributed by atoms with E-state index in [9.17, 15) is 22.8 Å². The zero-order chi connectivity index (χ0) is 25.0. The van der Waals surface area contributed by atoms with E-state index in [4.69, 9.17) is 0 Å². The molecule has 0 radical (unpaired) electrons. The fraction of sp³-hybridized carbons (Fsp3) is 0.870. The minimum atomic E-state index is -3.56. The molecule has 5 rings (SSSR count). The Kier molecular flexibility index (Phi) is 6.60. The van der Waals surface area contributed by atoms with Crippen molar-refractivity contribution in [1.82, 2.24) is 29.9 Å². The molecular formula is C23H38N6O5S. The number of urea groups is 1. The van der Waals surface area contributed by atoms with Gasteiger partial charge in [-0.2, -0.15) is 0 Å². The van der Waals surface area contributed by atoms with Crippen LogP contribution in [0.4, 0.5) is 4.79 Å². The summed E-state index contributed by atoms with van der Waals surface area (Å²) in [6.07, 6.45) is 4.15. The number of fused-ring (bicyclic) bond motifs is 1. The Balaban J connectivity index is 1.34. The molecule has 11 nitrogen and oxygen atoms in total. The van der Waals surface area contributed by atoms with E-state index in [1.54, 1.807) is 9.80 Å². The second kappa shape index (κ2) is 9.28. The first-order valence-corrected chi connectivity index (χ1v) is 14.5. The molecule has 2 N–H and O–H groups in total. The van der Waals surface area contributed by atoms with Crippen LogP contribution in [0.5, 0.6) is 0 Å². The molecule has 0 aromatic heterocycles. The van der Waals surface area contributed by atoms with Gasteiger partial charge in [0.25, 0.3) is 0 Å². The molecule has 196 valence electrons. The van der Waals surface area contributed by atoms with Crippen molar-refractivity contribution in [2.24, 2.45) is 11.8 Å². The quantitative estimate of drug-likeness (QED) is 0.469. The lowest BCUT2D eigenvalue weighted by Gasteiger charge is -2.48. The lowest BCUT2D eigenvalue weighted by Crippen LogP contribution is -2.65. The van der Waals surface area contributed by atoms with Crippen LogP contribution in [-0.2, 0) is 19.6 Å². The predicted octanol–water partition coefficient (Wildman–Crippen LogP) is -0.0516. The standard InChI is InChI=1S/C23H38N6O5S/c1-23(7-8-23)25-35(33,34)17-5-6-19-18(12-17)21(31)29(15-16-13-24-26(2)14-16)22(32)28(19)11-10-27-9-3-4-20(27)30/h16-19,24-25H,3-15H2,1-2H3. The molecule has 0 aromatic rings. The van der Waals surface area contributed by atoms with Crippen LogP contribution in [0, 0.1) is 11.8 Å². The molecule has 5 aliphatic rings. The van der Waals surface area contributed by atoms with Crippen LogP contribution >= 0.6 is 0 Å². The third kappa shape index (κ3) is 5.07. The highest BCUT2D eigenvalue weighted by Gasteiger charge is 2.52. The first kappa shape index (κ1) is 24.9. The molecular weight excluding hydrogens is 472 g/mol. The molecule has 0 spiro atoms. The smallest absolute Gasteiger partial charge is 0.327 e. The van der Waals surface area contributed by atoms with Crippen molar-refractivity contribution < 1.29 is 22.8 Å². The zero-order valence-electron chi connectivity index (χ0n) is 20.7. The number of carbonyl (C=O) groups is 3. The fourth-order valence-corrected chi connectivity index (χ4v) is 8.09. The second-order valence-electron chi connectivity index (χ2n) is 11.3. The maximum atomic E-state index is 13.6. The lowest BCUT2D eigenvalue weighted by molar-refractivity contribution is -0.141. The highest BCUT2D eigenvalue weighted by atomic mass is 32.2. The first-order valence-electron chi connectivity index (χ1n) is 12.9. The Labute approximate surface area is 207 Å². The molecule has 0 bridgehead atoms. The van der Waals surface area contributed by atoms with E-state index in [1.807, 2.05) is 19.0 Å². The molecule has 2 aliphatic carbocycles. The zero-order valence-corrected chi connectivity index (χ0v) is 21.6. The molecule has 12 heteroatoms. The first-order chi connectivity index (χ1) is 16.6. The van der Waals surface area contributed by atoms with Gasteiger partial charge in [0.2, 0.25) is 21.8 Å². The molecule has 4 amide bonds. The normalized spacial score (nSPS) is 33.5. The van der Waals surface area contributed by atoms with Crippen LogP contribution in [-0.4, -0.2) is 109 Å². The Hall–Kier alpha value is -1.76. The van der Waals surface area contributed by atoms with E-state index in [2.05, 4.69) is 10.1 Å². The summed E-state index contributed by atoms with van der Waals surface area (Å²) in [7, 11) is -1.63. The maximum Gasteiger partial charge on any atom is 0.327 e. The molecule has 3 saturated heterocycles. The van der Waals surface area contributed by atoms with Gasteiger partial charge in [-0.05, 0) is 45.4 Å². The monoisotopic (exact) mass is 510 g/mol. The minimum absolute atomic E-state index is 0.105. The number of sulfonamides is 1. The van der Waals surface area contributed by atoms with Crippen LogP contribution in [0.25, 0.3) is 0 Å². The summed E-state index contributed by atoms with van der Waals surface area (Å²) in [4.78, 5) is 44.2. The summed E-state index contributed by atoms with van der Waals surface area (Å²) in [5.74, 6) is -0.573. The van der Waals surface area contributed by atoms with E-state index in [0.717, 1.165) is 25.8 Å². The number of carbonyl (C=O) groups excluding carboxylic acids is 3. The van der Waals surface area contributed by atoms with E-state index >= 15 is 0 Å². The largest absolute Gasteiger partial charge is 0.341 e. The highest BCUT2D eigenvalue weighted by Crippen LogP contribution is 2.40. The van der Waals surface area contributed by atoms with Crippen molar-refractivity contribution in [3.8, 4) is 0 Å². The van der Waals surface area contributed by atoms with Gasteiger partial charge in [0.1, 0.15) is 0 Å². The van der Waals surface area contributed by atoms with Crippen LogP contribution in [0.15, 0.2) is 0 Å². The van der Waals surface area contributed by atoms with Gasteiger partial charge in [0.05, 0.1) is 11.2 Å². The number of imide groups is 1. The third-order valence-electron chi connectivity index (χ3n) is 8.46. The fourth-order valence-electron chi connectivity index (χ4n) is 6.12. The summed E-state index contributed by atoms with van der Waals surface area (Å²) in [5.41, 5.74) is 2.86. The van der Waals surface area contributed by atoms with Crippen LogP contribution in [0.2, 0.25) is 0 Å². The maximum absolute atomic E-state index is 13.6. The van der Waals surface area contributed by atoms with Crippen LogP contribution < -0.4 is 10.1 Å². The van der Waals surface area contributed by atoms with Gasteiger partial charge in [-0.15, -0.1) is 0 Å². The van der Waals surface area contributed by atoms with Crippen LogP contribution in [0.3, 0.4) is 0 Å². The summed E-state index contributed by atoms with van der Waals surface area (Å²) in [5, 5.41) is 1.32. The number of rotatable bonds is 8. The number of likely N-dealkylation sites (tertiary alicyclic amines) is 1. The average Bonchev–Trinajstić information content (AvgIpc) is 3.15. The molecule has 0 aromatic carbocycles. The number of nitrogens with zero attached hydrogens (tertiary/aromatic N) is 4. The molecule has 4 atom stereocenters. The van der Waals surface area contributed by atoms with E-state index in [1.165, 1.54) is 4.90 Å². The Morgan fingerprint density at radius 1 is 1.14 bits per heavy atom. The summed E-state index contributed by atoms with van der Waals surface area (Å²) >= 11 is 0. The van der Waals surface area contributed by atoms with Gasteiger partial charge in [-0.3, -0.25) is 19.9 Å². The van der Waals surface area contributed by atoms with Crippen molar-refractivity contribution in [1.29, 1.82) is 0 Å². The lowest BCUT2D eigenvalue weighted by atomic mass is 9.80. The van der Waals surface area contributed by atoms with Crippen molar-refractivity contribution in [2.75, 3.05) is 46.3 Å². The summed E-state index contributed by atoms with van der Waals surface area (Å²) in [6, 6.07) is -0.626. The number of hydrogen-bond donors (Lipinski definition) is 2. The van der Waals surface area contributed by atoms with Crippen molar-refractivity contribution in [3.63, 3.8) is 0 Å². The van der Waals surface area contributed by atoms with Gasteiger partial charge < -0.3 is 9.80 Å². The molecule has 2 saturated carbocycles. The van der Waals surface area contributed by atoms with Gasteiger partial charge in [-0.1, -0.05) is 0 Å². The van der Waals surface area contributed by atoms with Crippen molar-refractivity contribution in [3.05, 3.63) is 0 Å². The third-order valence-corrected chi connectivity index (χ3v) is 10.5. The SMILES string of the molecule is CN1CC(CN2C(=O)C3CC(S(=O)(=O)NC4(C)CC4)CCC3N(CCN3CCCC3=O)C2=O)CN1. The average molecular weight is 511 g/mol. The number of amides is 4. The van der Waals surface area contributed by atoms with Gasteiger partial charge in [0.15, 0.2) is 0 Å². The summed E-state index contributed by atoms with van der Waals surface area (Å²) < 4.78 is 29.1. The molecule has 4 unspecified atom stereocenters. The predicted molar refractivity (Wildman–Crippen MR) is 128 cm³/mol. The number of hydrazine groups is 1. The molecule has 3 aliphatic heterocycles. The number of nitrogens with one attached hydrogen (secondary N) is 2. The summed E-state index contributed by atoms with van der Waals surface area (Å²) in [6.45, 7) is 5.15. The minimum Gasteiger partial charge on any atom is -0.341 e. The van der Waals surface area contributed by atoms with Gasteiger partial charge >= 0.3 is 6.03 Å². The number of hydrogen-bond acceptors (Lipinski definition) is 7. The molecule has 35 heavy (non-hydrogen) atoms. The van der Waals surface area contributed by atoms with Gasteiger partial charge in [-0.25, -0.2) is 22.9 Å². The van der Waals surface area contributed by atoms with Gasteiger partial charge in [0, 0.05) is 70.2 Å². The molecule has 3 heterocycles. The van der Waals surface area contributed by atoms with E-state index in [0.29, 0.717) is 52.0 Å². The van der Waals surface area contributed by atoms with Crippen molar-refractivity contribution >= 4 is 27.9 Å². The molecule has 5 fully saturated rings.